The third-order valence-corrected chi connectivity index (χ3v) is 8.38. The summed E-state index contributed by atoms with van der Waals surface area (Å²) in [6.07, 6.45) is 8.53. The molecular formula is C35H33N5O4S. The van der Waals surface area contributed by atoms with Crippen LogP contribution in [0.25, 0.3) is 28.0 Å². The minimum atomic E-state index is -0.455. The normalized spacial score (nSPS) is 11.7. The van der Waals surface area contributed by atoms with E-state index in [9.17, 15) is 9.59 Å². The zero-order chi connectivity index (χ0) is 31.2. The quantitative estimate of drug-likeness (QED) is 0.168. The molecular weight excluding hydrogens is 586 g/mol. The van der Waals surface area contributed by atoms with Crippen LogP contribution < -0.4 is 25.1 Å². The molecule has 6 aromatic rings. The van der Waals surface area contributed by atoms with Crippen molar-refractivity contribution in [3.63, 3.8) is 0 Å². The molecule has 0 radical (unpaired) electrons. The zero-order valence-corrected chi connectivity index (χ0v) is 26.0. The predicted molar refractivity (Wildman–Crippen MR) is 177 cm³/mol. The zero-order valence-electron chi connectivity index (χ0n) is 25.2. The molecule has 10 heteroatoms. The summed E-state index contributed by atoms with van der Waals surface area (Å²) in [5.41, 5.74) is 3.49. The molecule has 3 aromatic carbocycles. The summed E-state index contributed by atoms with van der Waals surface area (Å²) in [6, 6.07) is 25.0. The van der Waals surface area contributed by atoms with E-state index in [2.05, 4.69) is 17.0 Å². The van der Waals surface area contributed by atoms with E-state index in [4.69, 9.17) is 14.6 Å². The average molecular weight is 620 g/mol. The maximum atomic E-state index is 13.5. The topological polar surface area (TPSA) is 101 Å². The van der Waals surface area contributed by atoms with Crippen molar-refractivity contribution < 1.29 is 9.47 Å². The Morgan fingerprint density at radius 1 is 0.867 bits per heavy atom. The van der Waals surface area contributed by atoms with Gasteiger partial charge >= 0.3 is 0 Å². The van der Waals surface area contributed by atoms with Gasteiger partial charge < -0.3 is 9.47 Å². The van der Waals surface area contributed by atoms with Crippen LogP contribution in [0.2, 0.25) is 0 Å². The van der Waals surface area contributed by atoms with Crippen molar-refractivity contribution in [2.45, 2.75) is 39.0 Å². The summed E-state index contributed by atoms with van der Waals surface area (Å²) in [7, 11) is 1.60. The molecule has 0 N–H and O–H groups in total. The number of rotatable bonds is 12. The molecule has 0 saturated carbocycles. The Hall–Kier alpha value is -5.09. The van der Waals surface area contributed by atoms with Gasteiger partial charge in [-0.3, -0.25) is 9.59 Å². The summed E-state index contributed by atoms with van der Waals surface area (Å²) in [4.78, 5) is 30.8. The molecule has 6 rings (SSSR count). The number of unbranched alkanes of at least 4 members (excludes halogenated alkanes) is 3. The second kappa shape index (κ2) is 13.7. The van der Waals surface area contributed by atoms with Gasteiger partial charge in [-0.1, -0.05) is 67.9 Å². The SMILES string of the molecule is CCCCCCOc1ccc(-c2nn(-c3ccccc3)cc2C=c2sc3nc(=O)c(Cc4ccc(OC)cc4)nn3c2=O)cc1. The monoisotopic (exact) mass is 619 g/mol. The van der Waals surface area contributed by atoms with Crippen molar-refractivity contribution in [1.29, 1.82) is 0 Å². The van der Waals surface area contributed by atoms with Gasteiger partial charge in [0, 0.05) is 23.7 Å². The van der Waals surface area contributed by atoms with E-state index >= 15 is 0 Å². The standard InChI is InChI=1S/C35H33N5O4S/c1-3-4-5-9-20-44-29-18-14-25(15-19-29)32-26(23-39(38-32)27-10-7-6-8-11-27)22-31-34(42)40-35(45-31)36-33(41)30(37-40)21-24-12-16-28(43-2)17-13-24/h6-8,10-19,22-23H,3-5,9,20-21H2,1-2H3. The lowest BCUT2D eigenvalue weighted by atomic mass is 10.1. The maximum Gasteiger partial charge on any atom is 0.296 e. The highest BCUT2D eigenvalue weighted by Crippen LogP contribution is 2.27. The number of para-hydroxylation sites is 1. The minimum absolute atomic E-state index is 0.198. The second-order valence-corrected chi connectivity index (χ2v) is 11.7. The number of nitrogens with zero attached hydrogens (tertiary/aromatic N) is 5. The molecule has 228 valence electrons. The fraction of sp³-hybridized carbons (Fsp3) is 0.229. The third kappa shape index (κ3) is 6.86. The smallest absolute Gasteiger partial charge is 0.296 e. The number of hydrogen-bond donors (Lipinski definition) is 0. The molecule has 0 atom stereocenters. The van der Waals surface area contributed by atoms with E-state index in [0.717, 1.165) is 52.3 Å². The first-order valence-electron chi connectivity index (χ1n) is 15.0. The lowest BCUT2D eigenvalue weighted by Gasteiger charge is -2.07. The molecule has 0 bridgehead atoms. The van der Waals surface area contributed by atoms with Crippen LogP contribution in [0, 0.1) is 0 Å². The molecule has 0 aliphatic rings. The van der Waals surface area contributed by atoms with Crippen LogP contribution in [0.1, 0.15) is 49.4 Å². The molecule has 0 spiro atoms. The lowest BCUT2D eigenvalue weighted by molar-refractivity contribution is 0.305. The van der Waals surface area contributed by atoms with E-state index in [1.807, 2.05) is 85.1 Å². The summed E-state index contributed by atoms with van der Waals surface area (Å²) in [5.74, 6) is 1.52. The van der Waals surface area contributed by atoms with Crippen molar-refractivity contribution in [3.05, 3.63) is 127 Å². The third-order valence-electron chi connectivity index (χ3n) is 7.43. The second-order valence-electron chi connectivity index (χ2n) is 10.6. The molecule has 0 fully saturated rings. The Kier molecular flexibility index (Phi) is 9.11. The number of ether oxygens (including phenoxy) is 2. The number of fused-ring (bicyclic) bond motifs is 1. The van der Waals surface area contributed by atoms with Gasteiger partial charge in [-0.05, 0) is 66.6 Å². The van der Waals surface area contributed by atoms with E-state index < -0.39 is 5.56 Å². The minimum Gasteiger partial charge on any atom is -0.497 e. The molecule has 0 amide bonds. The van der Waals surface area contributed by atoms with Crippen LogP contribution in [-0.2, 0) is 6.42 Å². The molecule has 0 saturated heterocycles. The predicted octanol–water partition coefficient (Wildman–Crippen LogP) is 5.47. The summed E-state index contributed by atoms with van der Waals surface area (Å²) >= 11 is 1.13. The van der Waals surface area contributed by atoms with Gasteiger partial charge in [0.1, 0.15) is 22.9 Å². The van der Waals surface area contributed by atoms with E-state index in [1.54, 1.807) is 17.9 Å². The van der Waals surface area contributed by atoms with Crippen LogP contribution in [0.15, 0.2) is 94.6 Å². The van der Waals surface area contributed by atoms with Crippen LogP contribution in [-0.4, -0.2) is 38.1 Å². The summed E-state index contributed by atoms with van der Waals surface area (Å²) in [6.45, 7) is 2.88. The maximum absolute atomic E-state index is 13.5. The molecule has 45 heavy (non-hydrogen) atoms. The number of hydrogen-bond acceptors (Lipinski definition) is 8. The van der Waals surface area contributed by atoms with Crippen LogP contribution in [0.4, 0.5) is 0 Å². The number of benzene rings is 3. The molecule has 0 unspecified atom stereocenters. The van der Waals surface area contributed by atoms with Gasteiger partial charge in [-0.25, -0.2) is 4.68 Å². The van der Waals surface area contributed by atoms with Crippen molar-refractivity contribution in [1.82, 2.24) is 24.4 Å². The Labute approximate surface area is 264 Å². The Morgan fingerprint density at radius 3 is 2.36 bits per heavy atom. The van der Waals surface area contributed by atoms with Gasteiger partial charge in [0.15, 0.2) is 0 Å². The number of methoxy groups -OCH3 is 1. The van der Waals surface area contributed by atoms with Gasteiger partial charge in [-0.15, -0.1) is 0 Å². The van der Waals surface area contributed by atoms with Crippen molar-refractivity contribution in [2.75, 3.05) is 13.7 Å². The lowest BCUT2D eigenvalue weighted by Crippen LogP contribution is -2.28. The van der Waals surface area contributed by atoms with Crippen molar-refractivity contribution >= 4 is 22.4 Å². The first-order chi connectivity index (χ1) is 22.0. The summed E-state index contributed by atoms with van der Waals surface area (Å²) in [5, 5.41) is 9.31. The van der Waals surface area contributed by atoms with Crippen LogP contribution >= 0.6 is 11.3 Å². The van der Waals surface area contributed by atoms with Crippen LogP contribution in [0.5, 0.6) is 11.5 Å². The van der Waals surface area contributed by atoms with E-state index in [1.165, 1.54) is 17.4 Å². The van der Waals surface area contributed by atoms with Gasteiger partial charge in [-0.2, -0.15) is 19.7 Å². The first-order valence-corrected chi connectivity index (χ1v) is 15.8. The van der Waals surface area contributed by atoms with Gasteiger partial charge in [0.25, 0.3) is 11.1 Å². The molecule has 0 aliphatic heterocycles. The fourth-order valence-electron chi connectivity index (χ4n) is 4.99. The molecule has 3 heterocycles. The molecule has 0 aliphatic carbocycles. The van der Waals surface area contributed by atoms with E-state index in [0.29, 0.717) is 22.6 Å². The highest BCUT2D eigenvalue weighted by Gasteiger charge is 2.15. The van der Waals surface area contributed by atoms with Crippen molar-refractivity contribution in [3.8, 4) is 28.4 Å². The average Bonchev–Trinajstić information content (AvgIpc) is 3.62. The Balaban J connectivity index is 1.35. The first kappa shape index (κ1) is 30.0. The van der Waals surface area contributed by atoms with E-state index in [-0.39, 0.29) is 22.6 Å². The Morgan fingerprint density at radius 2 is 1.62 bits per heavy atom. The van der Waals surface area contributed by atoms with Gasteiger partial charge in [0.05, 0.1) is 23.9 Å². The fourth-order valence-corrected chi connectivity index (χ4v) is 5.88. The largest absolute Gasteiger partial charge is 0.497 e. The summed E-state index contributed by atoms with van der Waals surface area (Å²) < 4.78 is 14.6. The number of aromatic nitrogens is 5. The van der Waals surface area contributed by atoms with Gasteiger partial charge in [0.2, 0.25) is 4.96 Å². The highest BCUT2D eigenvalue weighted by atomic mass is 32.1. The molecule has 3 aromatic heterocycles. The van der Waals surface area contributed by atoms with Crippen molar-refractivity contribution in [2.24, 2.45) is 0 Å². The Bertz CT molecular complexity index is 2070. The number of thiazole rings is 1. The molecule has 9 nitrogen and oxygen atoms in total. The highest BCUT2D eigenvalue weighted by molar-refractivity contribution is 7.15. The van der Waals surface area contributed by atoms with Crippen LogP contribution in [0.3, 0.4) is 0 Å².